The lowest BCUT2D eigenvalue weighted by Gasteiger charge is -2.32. The average molecular weight is 491 g/mol. The molecule has 0 saturated heterocycles. The second-order valence-corrected chi connectivity index (χ2v) is 9.15. The number of aromatic nitrogens is 1. The number of aliphatic hydroxyl groups is 1. The Morgan fingerprint density at radius 3 is 2.29 bits per heavy atom. The summed E-state index contributed by atoms with van der Waals surface area (Å²) in [5.74, 6) is -3.12. The highest BCUT2D eigenvalue weighted by Gasteiger charge is 2.38. The van der Waals surface area contributed by atoms with E-state index < -0.39 is 46.4 Å². The lowest BCUT2D eigenvalue weighted by Crippen LogP contribution is -2.33. The van der Waals surface area contributed by atoms with E-state index in [-0.39, 0.29) is 27.5 Å². The fourth-order valence-electron chi connectivity index (χ4n) is 3.46. The van der Waals surface area contributed by atoms with Crippen LogP contribution in [0, 0.1) is 22.9 Å². The molecule has 0 aliphatic rings. The molecular formula is C25H22ClF3N2O3. The maximum Gasteiger partial charge on any atom is 0.229 e. The van der Waals surface area contributed by atoms with E-state index in [1.807, 2.05) is 0 Å². The molecule has 0 aliphatic heterocycles. The molecule has 5 nitrogen and oxygen atoms in total. The van der Waals surface area contributed by atoms with Crippen molar-refractivity contribution >= 4 is 29.5 Å². The molecule has 0 spiro atoms. The first kappa shape index (κ1) is 25.4. The fourth-order valence-corrected chi connectivity index (χ4v) is 3.78. The molecule has 1 unspecified atom stereocenters. The Morgan fingerprint density at radius 1 is 1.09 bits per heavy atom. The quantitative estimate of drug-likeness (QED) is 0.439. The Hall–Kier alpha value is -3.23. The van der Waals surface area contributed by atoms with Gasteiger partial charge in [-0.15, -0.1) is 0 Å². The van der Waals surface area contributed by atoms with Crippen LogP contribution in [0.4, 0.5) is 18.9 Å². The van der Waals surface area contributed by atoms with Crippen molar-refractivity contribution in [2.45, 2.75) is 32.8 Å². The van der Waals surface area contributed by atoms with Crippen LogP contribution in [0.3, 0.4) is 0 Å². The molecule has 2 aromatic carbocycles. The second kappa shape index (κ2) is 9.56. The molecule has 9 heteroatoms. The Bertz CT molecular complexity index is 1240. The third kappa shape index (κ3) is 4.83. The molecule has 0 aliphatic carbocycles. The number of rotatable bonds is 6. The summed E-state index contributed by atoms with van der Waals surface area (Å²) in [5, 5.41) is 14.1. The predicted molar refractivity (Wildman–Crippen MR) is 123 cm³/mol. The van der Waals surface area contributed by atoms with Crippen molar-refractivity contribution < 1.29 is 27.9 Å². The van der Waals surface area contributed by atoms with Crippen LogP contribution in [0.5, 0.6) is 0 Å². The fraction of sp³-hybridized carbons (Fsp3) is 0.240. The first-order valence-electron chi connectivity index (χ1n) is 10.3. The van der Waals surface area contributed by atoms with E-state index in [4.69, 9.17) is 11.6 Å². The number of amides is 1. The van der Waals surface area contributed by atoms with Crippen molar-refractivity contribution in [2.75, 3.05) is 5.32 Å². The minimum Gasteiger partial charge on any atom is -0.380 e. The van der Waals surface area contributed by atoms with Crippen molar-refractivity contribution in [1.82, 2.24) is 4.98 Å². The zero-order valence-corrected chi connectivity index (χ0v) is 19.4. The minimum atomic E-state index is -2.19. The first-order chi connectivity index (χ1) is 15.9. The van der Waals surface area contributed by atoms with E-state index in [1.54, 1.807) is 20.8 Å². The van der Waals surface area contributed by atoms with Crippen molar-refractivity contribution in [1.29, 1.82) is 0 Å². The van der Waals surface area contributed by atoms with Gasteiger partial charge in [-0.25, -0.2) is 13.2 Å². The minimum absolute atomic E-state index is 0.0416. The molecule has 3 aromatic rings. The van der Waals surface area contributed by atoms with Gasteiger partial charge in [-0.3, -0.25) is 9.78 Å². The van der Waals surface area contributed by atoms with Crippen LogP contribution >= 0.6 is 11.6 Å². The Balaban J connectivity index is 2.39. The van der Waals surface area contributed by atoms with E-state index in [2.05, 4.69) is 10.3 Å². The number of hydrogen-bond acceptors (Lipinski definition) is 4. The number of pyridine rings is 1. The summed E-state index contributed by atoms with van der Waals surface area (Å²) in [4.78, 5) is 28.6. The highest BCUT2D eigenvalue weighted by molar-refractivity contribution is 6.31. The SMILES string of the molecule is CC(C)(C)C(=O)Nc1c(C(O)(CC=O)c2ccc(F)cc2Cl)ccnc1-c1c(F)cccc1F. The molecule has 1 amide bonds. The van der Waals surface area contributed by atoms with E-state index in [1.165, 1.54) is 24.4 Å². The first-order valence-corrected chi connectivity index (χ1v) is 10.6. The summed E-state index contributed by atoms with van der Waals surface area (Å²) in [6.07, 6.45) is 1.04. The smallest absolute Gasteiger partial charge is 0.229 e. The molecule has 0 bridgehead atoms. The molecule has 1 heterocycles. The molecule has 178 valence electrons. The van der Waals surface area contributed by atoms with Crippen molar-refractivity contribution in [2.24, 2.45) is 5.41 Å². The molecule has 1 atom stereocenters. The highest BCUT2D eigenvalue weighted by atomic mass is 35.5. The largest absolute Gasteiger partial charge is 0.380 e. The summed E-state index contributed by atoms with van der Waals surface area (Å²) in [5.41, 5.74) is -4.31. The summed E-state index contributed by atoms with van der Waals surface area (Å²) in [6, 6.07) is 7.71. The van der Waals surface area contributed by atoms with Gasteiger partial charge in [0.15, 0.2) is 0 Å². The van der Waals surface area contributed by atoms with Crippen molar-refractivity contribution in [3.8, 4) is 11.3 Å². The lowest BCUT2D eigenvalue weighted by atomic mass is 9.82. The van der Waals surface area contributed by atoms with Gasteiger partial charge in [0.1, 0.15) is 35.0 Å². The molecule has 0 fully saturated rings. The summed E-state index contributed by atoms with van der Waals surface area (Å²) < 4.78 is 43.1. The van der Waals surface area contributed by atoms with Gasteiger partial charge in [0.2, 0.25) is 5.91 Å². The molecule has 0 radical (unpaired) electrons. The molecule has 1 aromatic heterocycles. The van der Waals surface area contributed by atoms with Gasteiger partial charge in [-0.1, -0.05) is 44.5 Å². The normalized spacial score (nSPS) is 13.3. The molecule has 0 saturated carbocycles. The van der Waals surface area contributed by atoms with Crippen molar-refractivity contribution in [3.63, 3.8) is 0 Å². The van der Waals surface area contributed by atoms with E-state index in [0.717, 1.165) is 24.3 Å². The van der Waals surface area contributed by atoms with Gasteiger partial charge in [0.25, 0.3) is 0 Å². The molecule has 2 N–H and O–H groups in total. The summed E-state index contributed by atoms with van der Waals surface area (Å²) >= 11 is 6.20. The Kier molecular flexibility index (Phi) is 7.14. The third-order valence-corrected chi connectivity index (χ3v) is 5.58. The van der Waals surface area contributed by atoms with Gasteiger partial charge in [-0.05, 0) is 30.3 Å². The zero-order valence-electron chi connectivity index (χ0n) is 18.6. The monoisotopic (exact) mass is 490 g/mol. The number of benzene rings is 2. The molecule has 3 rings (SSSR count). The van der Waals surface area contributed by atoms with Gasteiger partial charge in [0.05, 0.1) is 11.3 Å². The lowest BCUT2D eigenvalue weighted by molar-refractivity contribution is -0.123. The van der Waals surface area contributed by atoms with Crippen molar-refractivity contribution in [3.05, 3.63) is 82.3 Å². The molecular weight excluding hydrogens is 469 g/mol. The zero-order chi connectivity index (χ0) is 25.3. The van der Waals surface area contributed by atoms with Crippen LogP contribution in [-0.4, -0.2) is 22.3 Å². The van der Waals surface area contributed by atoms with E-state index in [9.17, 15) is 27.9 Å². The van der Waals surface area contributed by atoms with Crippen LogP contribution in [0.15, 0.2) is 48.7 Å². The number of carbonyl (C=O) groups is 2. The topological polar surface area (TPSA) is 79.3 Å². The second-order valence-electron chi connectivity index (χ2n) is 8.74. The van der Waals surface area contributed by atoms with E-state index >= 15 is 0 Å². The van der Waals surface area contributed by atoms with Gasteiger partial charge < -0.3 is 15.2 Å². The van der Waals surface area contributed by atoms with Gasteiger partial charge >= 0.3 is 0 Å². The highest BCUT2D eigenvalue weighted by Crippen LogP contribution is 2.44. The van der Waals surface area contributed by atoms with Crippen LogP contribution < -0.4 is 5.32 Å². The number of aldehydes is 1. The van der Waals surface area contributed by atoms with E-state index in [0.29, 0.717) is 6.29 Å². The number of nitrogens with one attached hydrogen (secondary N) is 1. The summed E-state index contributed by atoms with van der Waals surface area (Å²) in [6.45, 7) is 4.86. The number of anilines is 1. The maximum atomic E-state index is 14.7. The predicted octanol–water partition coefficient (Wildman–Crippen LogP) is 5.63. The number of hydrogen-bond donors (Lipinski definition) is 2. The van der Waals surface area contributed by atoms with Crippen LogP contribution in [-0.2, 0) is 15.2 Å². The van der Waals surface area contributed by atoms with Gasteiger partial charge in [-0.2, -0.15) is 0 Å². The Morgan fingerprint density at radius 2 is 1.74 bits per heavy atom. The van der Waals surface area contributed by atoms with Crippen LogP contribution in [0.2, 0.25) is 5.02 Å². The average Bonchev–Trinajstić information content (AvgIpc) is 2.73. The summed E-state index contributed by atoms with van der Waals surface area (Å²) in [7, 11) is 0. The maximum absolute atomic E-state index is 14.7. The van der Waals surface area contributed by atoms with Crippen LogP contribution in [0.25, 0.3) is 11.3 Å². The Labute approximate surface area is 199 Å². The number of halogens is 4. The third-order valence-electron chi connectivity index (χ3n) is 5.27. The number of nitrogens with zero attached hydrogens (tertiary/aromatic N) is 1. The number of carbonyl (C=O) groups excluding carboxylic acids is 2. The molecule has 34 heavy (non-hydrogen) atoms. The van der Waals surface area contributed by atoms with Gasteiger partial charge in [0, 0.05) is 34.2 Å². The standard InChI is InChI=1S/C25H22ClF3N2O3/c1-24(2,3)23(33)31-21-16(9-11-30-22(21)20-18(28)5-4-6-19(20)29)25(34,10-12-32)15-8-7-14(27)13-17(15)26/h4-9,11-13,34H,10H2,1-3H3,(H,31,33). The van der Waals surface area contributed by atoms with Crippen LogP contribution in [0.1, 0.15) is 38.3 Å².